The van der Waals surface area contributed by atoms with Crippen LogP contribution < -0.4 is 5.32 Å². The van der Waals surface area contributed by atoms with Gasteiger partial charge in [0.25, 0.3) is 0 Å². The summed E-state index contributed by atoms with van der Waals surface area (Å²) in [7, 11) is 0. The SMILES string of the molecule is CCC(C)(Nc1cccc(Cl)c1C#N)C(=O)O. The number of nitrogens with zero attached hydrogens (tertiary/aromatic N) is 1. The molecular weight excluding hydrogens is 240 g/mol. The molecule has 5 heteroatoms. The Morgan fingerprint density at radius 1 is 1.65 bits per heavy atom. The zero-order valence-electron chi connectivity index (χ0n) is 9.62. The average molecular weight is 253 g/mol. The van der Waals surface area contributed by atoms with Crippen molar-refractivity contribution in [1.82, 2.24) is 0 Å². The highest BCUT2D eigenvalue weighted by atomic mass is 35.5. The lowest BCUT2D eigenvalue weighted by Crippen LogP contribution is -2.42. The van der Waals surface area contributed by atoms with Crippen molar-refractivity contribution in [2.75, 3.05) is 5.32 Å². The summed E-state index contributed by atoms with van der Waals surface area (Å²) >= 11 is 5.87. The Bertz CT molecular complexity index is 482. The summed E-state index contributed by atoms with van der Waals surface area (Å²) in [5.74, 6) is -0.969. The maximum atomic E-state index is 11.2. The zero-order valence-corrected chi connectivity index (χ0v) is 10.4. The van der Waals surface area contributed by atoms with E-state index in [4.69, 9.17) is 22.0 Å². The Labute approximate surface area is 105 Å². The van der Waals surface area contributed by atoms with Gasteiger partial charge in [0.1, 0.15) is 11.6 Å². The minimum absolute atomic E-state index is 0.259. The molecule has 4 nitrogen and oxygen atoms in total. The first-order chi connectivity index (χ1) is 7.94. The molecule has 0 heterocycles. The minimum atomic E-state index is -1.11. The maximum Gasteiger partial charge on any atom is 0.329 e. The van der Waals surface area contributed by atoms with Crippen LogP contribution in [-0.2, 0) is 4.79 Å². The van der Waals surface area contributed by atoms with Crippen molar-refractivity contribution >= 4 is 23.3 Å². The minimum Gasteiger partial charge on any atom is -0.480 e. The molecule has 0 aromatic heterocycles. The molecule has 0 spiro atoms. The highest BCUT2D eigenvalue weighted by Crippen LogP contribution is 2.27. The van der Waals surface area contributed by atoms with Crippen LogP contribution in [0.3, 0.4) is 0 Å². The van der Waals surface area contributed by atoms with Gasteiger partial charge in [0.15, 0.2) is 0 Å². The fourth-order valence-corrected chi connectivity index (χ4v) is 1.55. The molecule has 1 aromatic rings. The third kappa shape index (κ3) is 2.69. The van der Waals surface area contributed by atoms with Gasteiger partial charge in [-0.3, -0.25) is 0 Å². The number of aliphatic carboxylic acids is 1. The number of carboxylic acid groups (broad SMARTS) is 1. The molecule has 1 rings (SSSR count). The molecule has 1 unspecified atom stereocenters. The Balaban J connectivity index is 3.16. The maximum absolute atomic E-state index is 11.2. The third-order valence-electron chi connectivity index (χ3n) is 2.72. The van der Waals surface area contributed by atoms with Crippen LogP contribution in [0.1, 0.15) is 25.8 Å². The molecule has 1 aromatic carbocycles. The highest BCUT2D eigenvalue weighted by molar-refractivity contribution is 6.32. The van der Waals surface area contributed by atoms with E-state index < -0.39 is 11.5 Å². The molecule has 0 saturated carbocycles. The number of nitrogens with one attached hydrogen (secondary N) is 1. The van der Waals surface area contributed by atoms with Crippen molar-refractivity contribution in [2.45, 2.75) is 25.8 Å². The quantitative estimate of drug-likeness (QED) is 0.864. The Hall–Kier alpha value is -1.73. The first-order valence-electron chi connectivity index (χ1n) is 5.14. The van der Waals surface area contributed by atoms with Gasteiger partial charge in [0.2, 0.25) is 0 Å². The van der Waals surface area contributed by atoms with Crippen molar-refractivity contribution in [3.63, 3.8) is 0 Å². The molecule has 0 amide bonds. The molecule has 17 heavy (non-hydrogen) atoms. The van der Waals surface area contributed by atoms with Crippen LogP contribution in [0.2, 0.25) is 5.02 Å². The number of halogens is 1. The van der Waals surface area contributed by atoms with Crippen molar-refractivity contribution in [2.24, 2.45) is 0 Å². The van der Waals surface area contributed by atoms with E-state index in [-0.39, 0.29) is 5.56 Å². The van der Waals surface area contributed by atoms with Crippen molar-refractivity contribution < 1.29 is 9.90 Å². The summed E-state index contributed by atoms with van der Waals surface area (Å²) in [6.45, 7) is 3.33. The third-order valence-corrected chi connectivity index (χ3v) is 3.03. The summed E-state index contributed by atoms with van der Waals surface area (Å²) in [6, 6.07) is 6.86. The van der Waals surface area contributed by atoms with Crippen LogP contribution in [-0.4, -0.2) is 16.6 Å². The van der Waals surface area contributed by atoms with E-state index in [0.717, 1.165) is 0 Å². The Morgan fingerprint density at radius 2 is 2.29 bits per heavy atom. The molecule has 0 radical (unpaired) electrons. The number of benzene rings is 1. The molecule has 90 valence electrons. The second-order valence-electron chi connectivity index (χ2n) is 3.89. The summed E-state index contributed by atoms with van der Waals surface area (Å²) in [6.07, 6.45) is 0.389. The van der Waals surface area contributed by atoms with E-state index in [1.165, 1.54) is 0 Å². The highest BCUT2D eigenvalue weighted by Gasteiger charge is 2.31. The summed E-state index contributed by atoms with van der Waals surface area (Å²) in [4.78, 5) is 11.2. The predicted molar refractivity (Wildman–Crippen MR) is 66.1 cm³/mol. The van der Waals surface area contributed by atoms with Crippen LogP contribution in [0.4, 0.5) is 5.69 Å². The van der Waals surface area contributed by atoms with Gasteiger partial charge in [-0.05, 0) is 25.5 Å². The van der Waals surface area contributed by atoms with Gasteiger partial charge in [-0.2, -0.15) is 5.26 Å². The predicted octanol–water partition coefficient (Wildman–Crippen LogP) is 2.88. The van der Waals surface area contributed by atoms with E-state index in [0.29, 0.717) is 17.1 Å². The van der Waals surface area contributed by atoms with Crippen LogP contribution in [0, 0.1) is 11.3 Å². The van der Waals surface area contributed by atoms with E-state index in [1.54, 1.807) is 32.0 Å². The zero-order chi connectivity index (χ0) is 13.1. The molecule has 1 atom stereocenters. The molecule has 0 aliphatic carbocycles. The molecule has 0 fully saturated rings. The van der Waals surface area contributed by atoms with Crippen molar-refractivity contribution in [3.8, 4) is 6.07 Å². The number of hydrogen-bond acceptors (Lipinski definition) is 3. The van der Waals surface area contributed by atoms with Crippen LogP contribution in [0.5, 0.6) is 0 Å². The van der Waals surface area contributed by atoms with Crippen molar-refractivity contribution in [1.29, 1.82) is 5.26 Å². The van der Waals surface area contributed by atoms with Gasteiger partial charge in [-0.15, -0.1) is 0 Å². The number of carboxylic acids is 1. The first-order valence-corrected chi connectivity index (χ1v) is 5.52. The number of hydrogen-bond donors (Lipinski definition) is 2. The number of anilines is 1. The van der Waals surface area contributed by atoms with E-state index in [2.05, 4.69) is 5.32 Å². The summed E-state index contributed by atoms with van der Waals surface area (Å²) < 4.78 is 0. The Morgan fingerprint density at radius 3 is 2.76 bits per heavy atom. The number of carbonyl (C=O) groups is 1. The standard InChI is InChI=1S/C12H13ClN2O2/c1-3-12(2,11(16)17)15-10-6-4-5-9(13)8(10)7-14/h4-6,15H,3H2,1-2H3,(H,16,17). The second-order valence-corrected chi connectivity index (χ2v) is 4.30. The molecule has 0 aliphatic heterocycles. The topological polar surface area (TPSA) is 73.1 Å². The van der Waals surface area contributed by atoms with Crippen molar-refractivity contribution in [3.05, 3.63) is 28.8 Å². The van der Waals surface area contributed by atoms with Gasteiger partial charge < -0.3 is 10.4 Å². The summed E-state index contributed by atoms with van der Waals surface area (Å²) in [5.41, 5.74) is -0.419. The van der Waals surface area contributed by atoms with Gasteiger partial charge in [-0.25, -0.2) is 4.79 Å². The van der Waals surface area contributed by atoms with Crippen LogP contribution in [0.25, 0.3) is 0 Å². The van der Waals surface area contributed by atoms with Gasteiger partial charge >= 0.3 is 5.97 Å². The molecular formula is C12H13ClN2O2. The second kappa shape index (κ2) is 5.07. The van der Waals surface area contributed by atoms with E-state index in [1.807, 2.05) is 6.07 Å². The first kappa shape index (κ1) is 13.3. The van der Waals surface area contributed by atoms with E-state index in [9.17, 15) is 4.79 Å². The van der Waals surface area contributed by atoms with Gasteiger partial charge in [-0.1, -0.05) is 24.6 Å². The van der Waals surface area contributed by atoms with Crippen LogP contribution in [0.15, 0.2) is 18.2 Å². The lowest BCUT2D eigenvalue weighted by atomic mass is 9.98. The monoisotopic (exact) mass is 252 g/mol. The molecule has 0 aliphatic rings. The lowest BCUT2D eigenvalue weighted by molar-refractivity contribution is -0.141. The van der Waals surface area contributed by atoms with E-state index >= 15 is 0 Å². The van der Waals surface area contributed by atoms with Gasteiger partial charge in [0, 0.05) is 0 Å². The normalized spacial score (nSPS) is 13.5. The molecule has 2 N–H and O–H groups in total. The van der Waals surface area contributed by atoms with Gasteiger partial charge in [0.05, 0.1) is 16.3 Å². The largest absolute Gasteiger partial charge is 0.480 e. The fraction of sp³-hybridized carbons (Fsp3) is 0.333. The lowest BCUT2D eigenvalue weighted by Gasteiger charge is -2.26. The smallest absolute Gasteiger partial charge is 0.329 e. The average Bonchev–Trinajstić information content (AvgIpc) is 2.29. The molecule has 0 saturated heterocycles. The fourth-order valence-electron chi connectivity index (χ4n) is 1.33. The summed E-state index contributed by atoms with van der Waals surface area (Å²) in [5, 5.41) is 21.3. The molecule has 0 bridgehead atoms. The Kier molecular flexibility index (Phi) is 3.97. The number of rotatable bonds is 4. The van der Waals surface area contributed by atoms with Crippen LogP contribution >= 0.6 is 11.6 Å². The number of nitriles is 1.